The third-order valence-electron chi connectivity index (χ3n) is 3.35. The number of esters is 1. The lowest BCUT2D eigenvalue weighted by Crippen LogP contribution is -1.98. The number of phenolic OH excluding ortho intramolecular Hbond substituents is 1. The molecule has 0 saturated heterocycles. The Bertz CT molecular complexity index is 536. The molecule has 0 fully saturated rings. The van der Waals surface area contributed by atoms with E-state index in [0.29, 0.717) is 17.7 Å². The number of ether oxygens (including phenoxy) is 3. The SMILES string of the molecule is C=CCCCC1OC(=O)c2c1cc(OC)c(OC)c2O. The van der Waals surface area contributed by atoms with E-state index in [1.54, 1.807) is 6.07 Å². The van der Waals surface area contributed by atoms with Crippen molar-refractivity contribution in [2.24, 2.45) is 0 Å². The molecule has 0 saturated carbocycles. The van der Waals surface area contributed by atoms with E-state index < -0.39 is 5.97 Å². The summed E-state index contributed by atoms with van der Waals surface area (Å²) in [6.45, 7) is 3.66. The number of aromatic hydroxyl groups is 1. The van der Waals surface area contributed by atoms with Crippen LogP contribution in [-0.2, 0) is 4.74 Å². The lowest BCUT2D eigenvalue weighted by molar-refractivity contribution is 0.0363. The number of carbonyl (C=O) groups excluding carboxylic acids is 1. The van der Waals surface area contributed by atoms with Crippen molar-refractivity contribution < 1.29 is 24.1 Å². The number of rotatable bonds is 6. The predicted molar refractivity (Wildman–Crippen MR) is 73.4 cm³/mol. The maximum Gasteiger partial charge on any atom is 0.343 e. The number of carbonyl (C=O) groups is 1. The molecule has 1 N–H and O–H groups in total. The van der Waals surface area contributed by atoms with Gasteiger partial charge in [0.1, 0.15) is 11.7 Å². The number of unbranched alkanes of at least 4 members (excludes halogenated alkanes) is 1. The van der Waals surface area contributed by atoms with E-state index in [0.717, 1.165) is 12.8 Å². The van der Waals surface area contributed by atoms with Crippen molar-refractivity contribution in [2.75, 3.05) is 14.2 Å². The van der Waals surface area contributed by atoms with E-state index in [4.69, 9.17) is 14.2 Å². The second-order valence-electron chi connectivity index (χ2n) is 4.54. The van der Waals surface area contributed by atoms with Gasteiger partial charge in [0, 0.05) is 5.56 Å². The smallest absolute Gasteiger partial charge is 0.343 e. The van der Waals surface area contributed by atoms with E-state index in [2.05, 4.69) is 6.58 Å². The third kappa shape index (κ3) is 2.31. The summed E-state index contributed by atoms with van der Waals surface area (Å²) in [6, 6.07) is 1.69. The standard InChI is InChI=1S/C15H18O5/c1-4-5-6-7-10-9-8-11(18-2)14(19-3)13(16)12(9)15(17)20-10/h4,8,10,16H,1,5-7H2,2-3H3. The highest BCUT2D eigenvalue weighted by Gasteiger charge is 2.36. The minimum absolute atomic E-state index is 0.148. The highest BCUT2D eigenvalue weighted by Crippen LogP contribution is 2.47. The van der Waals surface area contributed by atoms with Crippen molar-refractivity contribution in [3.63, 3.8) is 0 Å². The minimum atomic E-state index is -0.526. The molecule has 1 atom stereocenters. The number of fused-ring (bicyclic) bond motifs is 1. The van der Waals surface area contributed by atoms with Crippen molar-refractivity contribution >= 4 is 5.97 Å². The Hall–Kier alpha value is -2.17. The molecule has 5 heteroatoms. The Morgan fingerprint density at radius 2 is 2.20 bits per heavy atom. The van der Waals surface area contributed by atoms with Crippen LogP contribution in [0.5, 0.6) is 17.2 Å². The van der Waals surface area contributed by atoms with Crippen LogP contribution in [0.15, 0.2) is 18.7 Å². The first-order chi connectivity index (χ1) is 9.63. The van der Waals surface area contributed by atoms with Crippen LogP contribution in [0.1, 0.15) is 41.3 Å². The highest BCUT2D eigenvalue weighted by atomic mass is 16.6. The van der Waals surface area contributed by atoms with E-state index in [-0.39, 0.29) is 23.2 Å². The van der Waals surface area contributed by atoms with Gasteiger partial charge in [0.15, 0.2) is 11.5 Å². The summed E-state index contributed by atoms with van der Waals surface area (Å²) in [7, 11) is 2.89. The molecule has 0 amide bonds. The molecule has 20 heavy (non-hydrogen) atoms. The summed E-state index contributed by atoms with van der Waals surface area (Å²) in [6.07, 6.45) is 3.85. The molecule has 1 aromatic rings. The Balaban J connectivity index is 2.40. The average Bonchev–Trinajstić information content (AvgIpc) is 2.75. The fourth-order valence-corrected chi connectivity index (χ4v) is 2.38. The average molecular weight is 278 g/mol. The van der Waals surface area contributed by atoms with Crippen molar-refractivity contribution in [1.29, 1.82) is 0 Å². The summed E-state index contributed by atoms with van der Waals surface area (Å²) in [5.41, 5.74) is 0.820. The fourth-order valence-electron chi connectivity index (χ4n) is 2.38. The van der Waals surface area contributed by atoms with Crippen LogP contribution in [-0.4, -0.2) is 25.3 Å². The summed E-state index contributed by atoms with van der Waals surface area (Å²) in [5, 5.41) is 10.2. The van der Waals surface area contributed by atoms with Gasteiger partial charge in [0.2, 0.25) is 5.75 Å². The zero-order valence-corrected chi connectivity index (χ0v) is 11.6. The van der Waals surface area contributed by atoms with E-state index in [9.17, 15) is 9.90 Å². The summed E-state index contributed by atoms with van der Waals surface area (Å²) < 4.78 is 15.6. The molecule has 0 spiro atoms. The monoisotopic (exact) mass is 278 g/mol. The first kappa shape index (κ1) is 14.2. The first-order valence-corrected chi connectivity index (χ1v) is 6.43. The topological polar surface area (TPSA) is 65.0 Å². The van der Waals surface area contributed by atoms with E-state index in [1.165, 1.54) is 14.2 Å². The zero-order valence-electron chi connectivity index (χ0n) is 11.6. The lowest BCUT2D eigenvalue weighted by atomic mass is 9.99. The third-order valence-corrected chi connectivity index (χ3v) is 3.35. The van der Waals surface area contributed by atoms with Gasteiger partial charge in [-0.05, 0) is 25.3 Å². The Morgan fingerprint density at radius 1 is 1.45 bits per heavy atom. The van der Waals surface area contributed by atoms with Crippen molar-refractivity contribution in [3.05, 3.63) is 29.8 Å². The quantitative estimate of drug-likeness (QED) is 0.492. The van der Waals surface area contributed by atoms with Gasteiger partial charge in [0.05, 0.1) is 14.2 Å². The number of methoxy groups -OCH3 is 2. The van der Waals surface area contributed by atoms with Crippen molar-refractivity contribution in [2.45, 2.75) is 25.4 Å². The van der Waals surface area contributed by atoms with Crippen LogP contribution in [0, 0.1) is 0 Å². The number of hydrogen-bond donors (Lipinski definition) is 1. The lowest BCUT2D eigenvalue weighted by Gasteiger charge is -2.13. The number of phenols is 1. The predicted octanol–water partition coefficient (Wildman–Crippen LogP) is 2.98. The summed E-state index contributed by atoms with van der Waals surface area (Å²) in [5.74, 6) is -0.217. The molecule has 2 rings (SSSR count). The maximum atomic E-state index is 11.9. The molecule has 1 unspecified atom stereocenters. The van der Waals surface area contributed by atoms with Gasteiger partial charge in [0.25, 0.3) is 0 Å². The van der Waals surface area contributed by atoms with Gasteiger partial charge < -0.3 is 19.3 Å². The van der Waals surface area contributed by atoms with Crippen LogP contribution in [0.2, 0.25) is 0 Å². The first-order valence-electron chi connectivity index (χ1n) is 6.43. The van der Waals surface area contributed by atoms with Gasteiger partial charge in [-0.2, -0.15) is 0 Å². The largest absolute Gasteiger partial charge is 0.504 e. The van der Waals surface area contributed by atoms with Crippen LogP contribution < -0.4 is 9.47 Å². The molecule has 5 nitrogen and oxygen atoms in total. The highest BCUT2D eigenvalue weighted by molar-refractivity contribution is 5.98. The second-order valence-corrected chi connectivity index (χ2v) is 4.54. The normalized spacial score (nSPS) is 16.5. The molecular formula is C15H18O5. The van der Waals surface area contributed by atoms with Crippen LogP contribution in [0.4, 0.5) is 0 Å². The van der Waals surface area contributed by atoms with Gasteiger partial charge in [-0.15, -0.1) is 6.58 Å². The molecule has 0 aromatic heterocycles. The summed E-state index contributed by atoms with van der Waals surface area (Å²) in [4.78, 5) is 11.9. The molecule has 1 aliphatic rings. The van der Waals surface area contributed by atoms with Crippen molar-refractivity contribution in [3.8, 4) is 17.2 Å². The van der Waals surface area contributed by atoms with Gasteiger partial charge >= 0.3 is 5.97 Å². The molecule has 108 valence electrons. The van der Waals surface area contributed by atoms with E-state index in [1.807, 2.05) is 6.08 Å². The van der Waals surface area contributed by atoms with Crippen LogP contribution in [0.3, 0.4) is 0 Å². The number of benzene rings is 1. The van der Waals surface area contributed by atoms with Gasteiger partial charge in [-0.1, -0.05) is 6.08 Å². The molecule has 1 aromatic carbocycles. The number of allylic oxidation sites excluding steroid dienone is 1. The Morgan fingerprint density at radius 3 is 2.80 bits per heavy atom. The van der Waals surface area contributed by atoms with Crippen LogP contribution in [0.25, 0.3) is 0 Å². The zero-order chi connectivity index (χ0) is 14.7. The van der Waals surface area contributed by atoms with Crippen molar-refractivity contribution in [1.82, 2.24) is 0 Å². The van der Waals surface area contributed by atoms with Gasteiger partial charge in [-0.3, -0.25) is 0 Å². The molecule has 1 aliphatic heterocycles. The molecule has 0 radical (unpaired) electrons. The molecular weight excluding hydrogens is 260 g/mol. The minimum Gasteiger partial charge on any atom is -0.504 e. The van der Waals surface area contributed by atoms with Gasteiger partial charge in [-0.25, -0.2) is 4.79 Å². The van der Waals surface area contributed by atoms with E-state index >= 15 is 0 Å². The molecule has 0 aliphatic carbocycles. The Kier molecular flexibility index (Phi) is 4.17. The molecule has 0 bridgehead atoms. The Labute approximate surface area is 117 Å². The molecule has 1 heterocycles. The number of cyclic esters (lactones) is 1. The number of hydrogen-bond acceptors (Lipinski definition) is 5. The summed E-state index contributed by atoms with van der Waals surface area (Å²) >= 11 is 0. The maximum absolute atomic E-state index is 11.9. The van der Waals surface area contributed by atoms with Crippen LogP contribution >= 0.6 is 0 Å². The second kappa shape index (κ2) is 5.86. The fraction of sp³-hybridized carbons (Fsp3) is 0.400.